The third-order valence-corrected chi connectivity index (χ3v) is 5.41. The van der Waals surface area contributed by atoms with Gasteiger partial charge < -0.3 is 16.2 Å². The van der Waals surface area contributed by atoms with Gasteiger partial charge in [-0.3, -0.25) is 19.0 Å². The van der Waals surface area contributed by atoms with Crippen LogP contribution in [0.2, 0.25) is 0 Å². The molecule has 1 atom stereocenters. The highest BCUT2D eigenvalue weighted by molar-refractivity contribution is 6.11. The predicted octanol–water partition coefficient (Wildman–Crippen LogP) is 3.80. The molecule has 0 fully saturated rings. The van der Waals surface area contributed by atoms with Gasteiger partial charge >= 0.3 is 5.97 Å². The van der Waals surface area contributed by atoms with Crippen molar-refractivity contribution in [3.8, 4) is 5.69 Å². The van der Waals surface area contributed by atoms with E-state index in [1.165, 1.54) is 0 Å². The average Bonchev–Trinajstić information content (AvgIpc) is 2.77. The molecule has 2 aromatic carbocycles. The Morgan fingerprint density at radius 2 is 1.58 bits per heavy atom. The van der Waals surface area contributed by atoms with Crippen molar-refractivity contribution in [2.24, 2.45) is 5.92 Å². The number of halogens is 4. The zero-order valence-electron chi connectivity index (χ0n) is 19.3. The number of hydrogen-bond donors (Lipinski definition) is 3. The number of benzene rings is 2. The highest BCUT2D eigenvalue weighted by Gasteiger charge is 2.24. The van der Waals surface area contributed by atoms with Crippen molar-refractivity contribution >= 4 is 17.6 Å². The Labute approximate surface area is 203 Å². The largest absolute Gasteiger partial charge is 0.480 e. The van der Waals surface area contributed by atoms with Crippen molar-refractivity contribution in [1.29, 1.82) is 0 Å². The van der Waals surface area contributed by atoms with E-state index in [4.69, 9.17) is 5.73 Å². The number of nitrogen functional groups attached to an aromatic ring is 1. The van der Waals surface area contributed by atoms with Crippen molar-refractivity contribution < 1.29 is 32.3 Å². The number of rotatable bonds is 9. The topological polar surface area (TPSA) is 114 Å². The molecule has 0 saturated carbocycles. The Morgan fingerprint density at radius 3 is 2.14 bits per heavy atom. The second-order valence-corrected chi connectivity index (χ2v) is 8.57. The predicted molar refractivity (Wildman–Crippen MR) is 124 cm³/mol. The number of pyridine rings is 1. The Hall–Kier alpha value is -3.99. The van der Waals surface area contributed by atoms with E-state index in [0.29, 0.717) is 17.1 Å². The molecule has 4 N–H and O–H groups in total. The van der Waals surface area contributed by atoms with Gasteiger partial charge in [0.1, 0.15) is 29.2 Å². The summed E-state index contributed by atoms with van der Waals surface area (Å²) in [6.07, 6.45) is 0.291. The van der Waals surface area contributed by atoms with E-state index in [0.717, 1.165) is 36.4 Å². The number of carboxylic acids is 1. The third kappa shape index (κ3) is 5.62. The molecule has 0 bridgehead atoms. The molecule has 190 valence electrons. The quantitative estimate of drug-likeness (QED) is 0.301. The van der Waals surface area contributed by atoms with Crippen LogP contribution < -0.4 is 16.6 Å². The van der Waals surface area contributed by atoms with Crippen molar-refractivity contribution in [2.45, 2.75) is 32.9 Å². The van der Waals surface area contributed by atoms with Gasteiger partial charge in [-0.2, -0.15) is 0 Å². The first-order valence-corrected chi connectivity index (χ1v) is 10.9. The molecule has 0 radical (unpaired) electrons. The van der Waals surface area contributed by atoms with Gasteiger partial charge in [-0.05, 0) is 48.2 Å². The molecule has 0 aliphatic rings. The molecular weight excluding hydrogens is 482 g/mol. The van der Waals surface area contributed by atoms with Crippen LogP contribution in [0.15, 0.2) is 47.3 Å². The number of carboxylic acid groups (broad SMARTS) is 1. The first-order chi connectivity index (χ1) is 16.9. The number of aliphatic carboxylic acids is 1. The summed E-state index contributed by atoms with van der Waals surface area (Å²) >= 11 is 0. The van der Waals surface area contributed by atoms with Crippen molar-refractivity contribution in [1.82, 2.24) is 9.88 Å². The Kier molecular flexibility index (Phi) is 7.93. The van der Waals surface area contributed by atoms with Gasteiger partial charge in [-0.15, -0.1) is 0 Å². The summed E-state index contributed by atoms with van der Waals surface area (Å²) in [6.45, 7) is 3.49. The molecule has 0 amide bonds. The lowest BCUT2D eigenvalue weighted by Gasteiger charge is -2.18. The van der Waals surface area contributed by atoms with Crippen LogP contribution in [-0.4, -0.2) is 27.5 Å². The molecule has 3 aromatic rings. The van der Waals surface area contributed by atoms with E-state index in [1.807, 2.05) is 13.8 Å². The summed E-state index contributed by atoms with van der Waals surface area (Å²) in [7, 11) is 0. The summed E-state index contributed by atoms with van der Waals surface area (Å²) < 4.78 is 57.8. The van der Waals surface area contributed by atoms with Crippen LogP contribution in [0.5, 0.6) is 0 Å². The van der Waals surface area contributed by atoms with Gasteiger partial charge in [0.25, 0.3) is 5.56 Å². The van der Waals surface area contributed by atoms with Gasteiger partial charge in [0.2, 0.25) is 0 Å². The SMILES string of the molecule is CC(C)C[C@H](NCc1cc(F)c(-n2c(N)c(C(=O)c3ccc(F)cc3F)ccc2=O)c(F)c1)C(=O)O. The van der Waals surface area contributed by atoms with E-state index in [1.54, 1.807) is 0 Å². The molecule has 0 unspecified atom stereocenters. The van der Waals surface area contributed by atoms with Crippen LogP contribution in [0, 0.1) is 29.2 Å². The second-order valence-electron chi connectivity index (χ2n) is 8.57. The molecule has 0 aliphatic heterocycles. The molecule has 1 aromatic heterocycles. The minimum atomic E-state index is -1.20. The fraction of sp³-hybridized carbons (Fsp3) is 0.240. The number of ketones is 1. The fourth-order valence-electron chi connectivity index (χ4n) is 3.71. The van der Waals surface area contributed by atoms with Crippen molar-refractivity contribution in [3.05, 3.63) is 92.8 Å². The fourth-order valence-corrected chi connectivity index (χ4v) is 3.71. The molecule has 11 heteroatoms. The Morgan fingerprint density at radius 1 is 0.972 bits per heavy atom. The second kappa shape index (κ2) is 10.7. The minimum absolute atomic E-state index is 0.0580. The molecule has 7 nitrogen and oxygen atoms in total. The number of carbonyl (C=O) groups excluding carboxylic acids is 1. The zero-order valence-corrected chi connectivity index (χ0v) is 19.3. The lowest BCUT2D eigenvalue weighted by molar-refractivity contribution is -0.140. The summed E-state index contributed by atoms with van der Waals surface area (Å²) in [5.74, 6) is -7.22. The average molecular weight is 505 g/mol. The number of nitrogens with zero attached hydrogens (tertiary/aromatic N) is 1. The van der Waals surface area contributed by atoms with E-state index >= 15 is 8.78 Å². The van der Waals surface area contributed by atoms with E-state index in [-0.39, 0.29) is 18.0 Å². The molecular formula is C25H23F4N3O4. The van der Waals surface area contributed by atoms with Gasteiger partial charge in [0, 0.05) is 18.7 Å². The van der Waals surface area contributed by atoms with Crippen LogP contribution in [0.1, 0.15) is 41.8 Å². The Balaban J connectivity index is 2.00. The van der Waals surface area contributed by atoms with E-state index in [9.17, 15) is 28.3 Å². The van der Waals surface area contributed by atoms with Crippen molar-refractivity contribution in [2.75, 3.05) is 5.73 Å². The smallest absolute Gasteiger partial charge is 0.320 e. The van der Waals surface area contributed by atoms with Crippen LogP contribution in [0.25, 0.3) is 5.69 Å². The van der Waals surface area contributed by atoms with E-state index < -0.39 is 69.3 Å². The number of anilines is 1. The number of hydrogen-bond acceptors (Lipinski definition) is 5. The summed E-state index contributed by atoms with van der Waals surface area (Å²) in [5.41, 5.74) is 3.18. The number of nitrogens with two attached hydrogens (primary N) is 1. The lowest BCUT2D eigenvalue weighted by atomic mass is 10.0. The maximum absolute atomic E-state index is 15.0. The van der Waals surface area contributed by atoms with E-state index in [2.05, 4.69) is 5.32 Å². The van der Waals surface area contributed by atoms with Crippen molar-refractivity contribution in [3.63, 3.8) is 0 Å². The summed E-state index contributed by atoms with van der Waals surface area (Å²) in [4.78, 5) is 36.7. The van der Waals surface area contributed by atoms with Crippen LogP contribution in [-0.2, 0) is 11.3 Å². The first-order valence-electron chi connectivity index (χ1n) is 10.9. The van der Waals surface area contributed by atoms with Gasteiger partial charge in [-0.25, -0.2) is 17.6 Å². The summed E-state index contributed by atoms with van der Waals surface area (Å²) in [5, 5.41) is 12.0. The maximum atomic E-state index is 15.0. The molecule has 3 rings (SSSR count). The third-order valence-electron chi connectivity index (χ3n) is 5.41. The standard InChI is InChI=1S/C25H23F4N3O4/c1-12(2)7-20(25(35)36)31-11-13-8-18(28)22(19(29)9-13)32-21(33)6-5-16(24(32)30)23(34)15-4-3-14(26)10-17(15)27/h3-6,8-10,12,20,31H,7,11,30H2,1-2H3,(H,35,36)/t20-/m0/s1. The molecule has 0 aliphatic carbocycles. The van der Waals surface area contributed by atoms with Gasteiger partial charge in [-0.1, -0.05) is 13.8 Å². The number of nitrogens with one attached hydrogen (secondary N) is 1. The van der Waals surface area contributed by atoms with Crippen LogP contribution in [0.3, 0.4) is 0 Å². The van der Waals surface area contributed by atoms with Crippen LogP contribution >= 0.6 is 0 Å². The highest BCUT2D eigenvalue weighted by Crippen LogP contribution is 2.25. The molecule has 0 spiro atoms. The van der Waals surface area contributed by atoms with Crippen LogP contribution in [0.4, 0.5) is 23.4 Å². The maximum Gasteiger partial charge on any atom is 0.320 e. The zero-order chi connectivity index (χ0) is 26.7. The minimum Gasteiger partial charge on any atom is -0.480 e. The molecule has 0 saturated heterocycles. The monoisotopic (exact) mass is 505 g/mol. The highest BCUT2D eigenvalue weighted by atomic mass is 19.1. The van der Waals surface area contributed by atoms with Gasteiger partial charge in [0.05, 0.1) is 11.1 Å². The number of aromatic nitrogens is 1. The number of carbonyl (C=O) groups is 2. The Bertz CT molecular complexity index is 1370. The first kappa shape index (κ1) is 26.6. The summed E-state index contributed by atoms with van der Waals surface area (Å²) in [6, 6.07) is 4.90. The normalized spacial score (nSPS) is 12.1. The van der Waals surface area contributed by atoms with Gasteiger partial charge in [0.15, 0.2) is 17.4 Å². The lowest BCUT2D eigenvalue weighted by Crippen LogP contribution is -2.37. The molecule has 36 heavy (non-hydrogen) atoms. The molecule has 1 heterocycles.